The molecule has 3 rings (SSSR count). The van der Waals surface area contributed by atoms with Crippen LogP contribution in [0.2, 0.25) is 0 Å². The van der Waals surface area contributed by atoms with E-state index in [0.29, 0.717) is 11.0 Å². The van der Waals surface area contributed by atoms with Crippen LogP contribution >= 0.6 is 23.5 Å². The molecular formula is C12H22NO18P3. The minimum absolute atomic E-state index is 0.361. The molecule has 0 saturated carbocycles. The average Bonchev–Trinajstić information content (AvgIpc) is 3.18. The van der Waals surface area contributed by atoms with Crippen LogP contribution in [0.4, 0.5) is 0 Å². The third kappa shape index (κ3) is 14.1. The van der Waals surface area contributed by atoms with Crippen LogP contribution in [-0.2, 0) is 18.4 Å². The molecule has 22 heteroatoms. The Hall–Kier alpha value is -1.34. The van der Waals surface area contributed by atoms with E-state index in [1.165, 1.54) is 23.1 Å². The topological polar surface area (TPSA) is 338 Å². The summed E-state index contributed by atoms with van der Waals surface area (Å²) in [7, 11) is -13.9. The molecule has 19 nitrogen and oxygen atoms in total. The Morgan fingerprint density at radius 1 is 0.824 bits per heavy atom. The Labute approximate surface area is 188 Å². The number of rotatable bonds is 2. The Balaban J connectivity index is 0.000000599. The number of nitrogens with zero attached hydrogens (tertiary/aromatic N) is 1. The maximum atomic E-state index is 12.2. The maximum Gasteiger partial charge on any atom is 0.466 e. The standard InChI is InChI=1S/C12H13NO6.3H3O4P/c14-5-8-9(15)10(16)12(19-8)13-3-1-7-6(11(13)17)2-4-18-7;3*1-5(2,3)4/h1-4,8-10,12,14-16H,5H2;3*(H3,1,2,3,4)/t8-,9-,10-,12-;;;/m1.../s1. The van der Waals surface area contributed by atoms with Crippen molar-refractivity contribution in [1.82, 2.24) is 4.57 Å². The lowest BCUT2D eigenvalue weighted by Crippen LogP contribution is -2.35. The molecule has 1 aliphatic rings. The molecule has 1 saturated heterocycles. The molecule has 0 aromatic carbocycles. The summed E-state index contributed by atoms with van der Waals surface area (Å²) < 4.78 is 38.2. The maximum absolute atomic E-state index is 12.2. The summed E-state index contributed by atoms with van der Waals surface area (Å²) in [6, 6.07) is 3.10. The first-order valence-electron chi connectivity index (χ1n) is 8.19. The van der Waals surface area contributed by atoms with Crippen molar-refractivity contribution in [1.29, 1.82) is 0 Å². The first kappa shape index (κ1) is 32.7. The molecule has 3 heterocycles. The van der Waals surface area contributed by atoms with Gasteiger partial charge in [-0.1, -0.05) is 0 Å². The first-order valence-corrected chi connectivity index (χ1v) is 12.9. The van der Waals surface area contributed by atoms with E-state index < -0.39 is 54.6 Å². The highest BCUT2D eigenvalue weighted by atomic mass is 31.2. The molecule has 4 atom stereocenters. The van der Waals surface area contributed by atoms with Gasteiger partial charge in [0.1, 0.15) is 23.9 Å². The van der Waals surface area contributed by atoms with Crippen LogP contribution in [0.25, 0.3) is 11.0 Å². The zero-order valence-electron chi connectivity index (χ0n) is 16.4. The van der Waals surface area contributed by atoms with Crippen molar-refractivity contribution in [3.05, 3.63) is 34.9 Å². The zero-order valence-corrected chi connectivity index (χ0v) is 19.1. The number of ether oxygens (including phenoxy) is 1. The highest BCUT2D eigenvalue weighted by molar-refractivity contribution is 7.45. The predicted molar refractivity (Wildman–Crippen MR) is 106 cm³/mol. The van der Waals surface area contributed by atoms with E-state index in [-0.39, 0.29) is 5.56 Å². The minimum Gasteiger partial charge on any atom is -0.464 e. The van der Waals surface area contributed by atoms with Crippen LogP contribution < -0.4 is 5.56 Å². The first-order chi connectivity index (χ1) is 15.1. The van der Waals surface area contributed by atoms with E-state index >= 15 is 0 Å². The Morgan fingerprint density at radius 2 is 1.26 bits per heavy atom. The van der Waals surface area contributed by atoms with Crippen molar-refractivity contribution >= 4 is 34.4 Å². The summed E-state index contributed by atoms with van der Waals surface area (Å²) >= 11 is 0. The lowest BCUT2D eigenvalue weighted by Gasteiger charge is -2.17. The number of hydrogen-bond acceptors (Lipinski definition) is 9. The largest absolute Gasteiger partial charge is 0.466 e. The smallest absolute Gasteiger partial charge is 0.464 e. The Kier molecular flexibility index (Phi) is 12.6. The third-order valence-corrected chi connectivity index (χ3v) is 3.34. The van der Waals surface area contributed by atoms with Gasteiger partial charge in [0.2, 0.25) is 0 Å². The molecule has 0 spiro atoms. The molecule has 0 amide bonds. The molecule has 198 valence electrons. The van der Waals surface area contributed by atoms with Crippen molar-refractivity contribution in [3.8, 4) is 0 Å². The molecule has 1 aliphatic heterocycles. The number of aliphatic hydroxyl groups excluding tert-OH is 3. The van der Waals surface area contributed by atoms with E-state index in [9.17, 15) is 15.0 Å². The summed E-state index contributed by atoms with van der Waals surface area (Å²) in [6.45, 7) is -0.433. The number of aliphatic hydroxyl groups is 3. The van der Waals surface area contributed by atoms with Crippen molar-refractivity contribution in [3.63, 3.8) is 0 Å². The van der Waals surface area contributed by atoms with Crippen molar-refractivity contribution < 1.29 is 82.2 Å². The highest BCUT2D eigenvalue weighted by Crippen LogP contribution is 2.29. The third-order valence-electron chi connectivity index (χ3n) is 3.34. The summed E-state index contributed by atoms with van der Waals surface area (Å²) in [5, 5.41) is 29.0. The number of aromatic nitrogens is 1. The SMILES string of the molecule is O=P(O)(O)O.O=P(O)(O)O.O=P(O)(O)O.O=c1c2ccoc2ccn1[C@@H]1O[C@H](CO)[C@@H](O)[C@H]1O. The van der Waals surface area contributed by atoms with Gasteiger partial charge in [0.25, 0.3) is 5.56 Å². The van der Waals surface area contributed by atoms with E-state index in [2.05, 4.69) is 0 Å². The number of pyridine rings is 1. The van der Waals surface area contributed by atoms with Crippen molar-refractivity contribution in [2.45, 2.75) is 24.5 Å². The van der Waals surface area contributed by atoms with Crippen LogP contribution in [0, 0.1) is 0 Å². The van der Waals surface area contributed by atoms with Gasteiger partial charge in [-0.15, -0.1) is 0 Å². The Morgan fingerprint density at radius 3 is 1.65 bits per heavy atom. The monoisotopic (exact) mass is 561 g/mol. The molecule has 12 N–H and O–H groups in total. The fourth-order valence-electron chi connectivity index (χ4n) is 2.29. The van der Waals surface area contributed by atoms with Crippen molar-refractivity contribution in [2.75, 3.05) is 6.61 Å². The summed E-state index contributed by atoms with van der Waals surface area (Å²) in [5.41, 5.74) is 0.0501. The van der Waals surface area contributed by atoms with Crippen LogP contribution in [0.1, 0.15) is 6.23 Å². The van der Waals surface area contributed by atoms with Gasteiger partial charge in [0, 0.05) is 6.20 Å². The molecule has 0 bridgehead atoms. The number of furan rings is 1. The summed E-state index contributed by atoms with van der Waals surface area (Å²) in [5.74, 6) is 0. The van der Waals surface area contributed by atoms with E-state index in [1.807, 2.05) is 0 Å². The lowest BCUT2D eigenvalue weighted by atomic mass is 10.1. The molecule has 2 aromatic rings. The van der Waals surface area contributed by atoms with Crippen molar-refractivity contribution in [2.24, 2.45) is 0 Å². The molecule has 1 fully saturated rings. The zero-order chi connectivity index (χ0) is 27.1. The van der Waals surface area contributed by atoms with E-state index in [0.717, 1.165) is 0 Å². The van der Waals surface area contributed by atoms with Crippen LogP contribution in [0.5, 0.6) is 0 Å². The molecule has 34 heavy (non-hydrogen) atoms. The highest BCUT2D eigenvalue weighted by Gasteiger charge is 2.43. The minimum atomic E-state index is -4.64. The molecule has 2 aromatic heterocycles. The second kappa shape index (κ2) is 13.1. The van der Waals surface area contributed by atoms with Crippen LogP contribution in [0.3, 0.4) is 0 Å². The lowest BCUT2D eigenvalue weighted by molar-refractivity contribution is -0.0541. The molecule has 0 radical (unpaired) electrons. The second-order valence-electron chi connectivity index (χ2n) is 6.00. The van der Waals surface area contributed by atoms with Gasteiger partial charge < -0.3 is 68.5 Å². The number of phosphoric acid groups is 3. The summed E-state index contributed by atoms with van der Waals surface area (Å²) in [4.78, 5) is 76.9. The van der Waals surface area contributed by atoms with Gasteiger partial charge in [-0.3, -0.25) is 9.36 Å². The molecule has 0 unspecified atom stereocenters. The van der Waals surface area contributed by atoms with Gasteiger partial charge >= 0.3 is 23.5 Å². The van der Waals surface area contributed by atoms with Gasteiger partial charge in [0.05, 0.1) is 18.3 Å². The van der Waals surface area contributed by atoms with Gasteiger partial charge in [-0.05, 0) is 12.1 Å². The van der Waals surface area contributed by atoms with E-state index in [1.54, 1.807) is 6.07 Å². The molecule has 0 aliphatic carbocycles. The fraction of sp³-hybridized carbons (Fsp3) is 0.417. The normalized spacial score (nSPS) is 22.6. The van der Waals surface area contributed by atoms with Crippen LogP contribution in [0.15, 0.2) is 33.8 Å². The molecular weight excluding hydrogens is 539 g/mol. The quantitative estimate of drug-likeness (QED) is 0.158. The van der Waals surface area contributed by atoms with Gasteiger partial charge in [-0.2, -0.15) is 0 Å². The average molecular weight is 561 g/mol. The Bertz CT molecular complexity index is 1020. The number of fused-ring (bicyclic) bond motifs is 1. The van der Waals surface area contributed by atoms with Gasteiger partial charge in [0.15, 0.2) is 6.23 Å². The van der Waals surface area contributed by atoms with E-state index in [4.69, 9.17) is 72.0 Å². The number of hydrogen-bond donors (Lipinski definition) is 12. The second-order valence-corrected chi connectivity index (χ2v) is 9.08. The van der Waals surface area contributed by atoms with Crippen LogP contribution in [-0.4, -0.2) is 88.8 Å². The summed E-state index contributed by atoms with van der Waals surface area (Å²) in [6.07, 6.45) is -1.63. The predicted octanol–water partition coefficient (Wildman–Crippen LogP) is -3.58. The van der Waals surface area contributed by atoms with Gasteiger partial charge in [-0.25, -0.2) is 13.7 Å². The fourth-order valence-corrected chi connectivity index (χ4v) is 2.29.